The second kappa shape index (κ2) is 5.13. The molecule has 2 aromatic rings. The predicted octanol–water partition coefficient (Wildman–Crippen LogP) is 0.445. The standard InChI is InChI=1S/C10H11N5O3/c1-17-10(16)7-3-2-6(11)9(14-7)12-4-8-13-5-18-15-8/h2-3,5H,4,11H2,1H3,(H,12,14). The Labute approximate surface area is 102 Å². The third-order valence-corrected chi connectivity index (χ3v) is 2.14. The van der Waals surface area contributed by atoms with Gasteiger partial charge in [0.1, 0.15) is 0 Å². The quantitative estimate of drug-likeness (QED) is 0.750. The van der Waals surface area contributed by atoms with Gasteiger partial charge in [0.2, 0.25) is 6.39 Å². The maximum atomic E-state index is 11.3. The van der Waals surface area contributed by atoms with E-state index in [9.17, 15) is 4.79 Å². The molecule has 0 atom stereocenters. The van der Waals surface area contributed by atoms with E-state index in [0.717, 1.165) is 0 Å². The van der Waals surface area contributed by atoms with Gasteiger partial charge >= 0.3 is 5.97 Å². The molecule has 0 aliphatic carbocycles. The first-order valence-electron chi connectivity index (χ1n) is 5.04. The summed E-state index contributed by atoms with van der Waals surface area (Å²) in [6.45, 7) is 0.290. The van der Waals surface area contributed by atoms with Gasteiger partial charge in [0.05, 0.1) is 19.3 Å². The molecule has 2 rings (SSSR count). The van der Waals surface area contributed by atoms with Crippen LogP contribution in [0.15, 0.2) is 23.0 Å². The average Bonchev–Trinajstić information content (AvgIpc) is 2.90. The van der Waals surface area contributed by atoms with Gasteiger partial charge in [0.15, 0.2) is 17.3 Å². The zero-order valence-corrected chi connectivity index (χ0v) is 9.58. The molecule has 2 aromatic heterocycles. The number of nitrogens with one attached hydrogen (secondary N) is 1. The highest BCUT2D eigenvalue weighted by molar-refractivity contribution is 5.88. The zero-order valence-electron chi connectivity index (χ0n) is 9.58. The molecule has 0 fully saturated rings. The maximum Gasteiger partial charge on any atom is 0.356 e. The Bertz CT molecular complexity index is 540. The van der Waals surface area contributed by atoms with Crippen molar-refractivity contribution in [2.75, 3.05) is 18.2 Å². The van der Waals surface area contributed by atoms with Crippen LogP contribution in [0.2, 0.25) is 0 Å². The minimum absolute atomic E-state index is 0.169. The lowest BCUT2D eigenvalue weighted by Crippen LogP contribution is -2.10. The number of nitrogens with two attached hydrogens (primary N) is 1. The number of carbonyl (C=O) groups is 1. The van der Waals surface area contributed by atoms with Crippen molar-refractivity contribution in [2.24, 2.45) is 0 Å². The number of nitrogen functional groups attached to an aromatic ring is 1. The second-order valence-electron chi connectivity index (χ2n) is 3.33. The maximum absolute atomic E-state index is 11.3. The summed E-state index contributed by atoms with van der Waals surface area (Å²) < 4.78 is 9.16. The molecule has 0 aliphatic rings. The van der Waals surface area contributed by atoms with Crippen LogP contribution in [0.25, 0.3) is 0 Å². The predicted molar refractivity (Wildman–Crippen MR) is 61.6 cm³/mol. The van der Waals surface area contributed by atoms with Gasteiger partial charge in [-0.05, 0) is 12.1 Å². The number of rotatable bonds is 4. The summed E-state index contributed by atoms with van der Waals surface area (Å²) in [4.78, 5) is 19.2. The van der Waals surface area contributed by atoms with E-state index in [1.54, 1.807) is 6.07 Å². The lowest BCUT2D eigenvalue weighted by atomic mass is 10.3. The van der Waals surface area contributed by atoms with Gasteiger partial charge in [-0.15, -0.1) is 0 Å². The largest absolute Gasteiger partial charge is 0.464 e. The Kier molecular flexibility index (Phi) is 3.37. The molecule has 0 amide bonds. The molecule has 0 saturated carbocycles. The molecule has 0 unspecified atom stereocenters. The summed E-state index contributed by atoms with van der Waals surface area (Å²) in [5.41, 5.74) is 6.31. The summed E-state index contributed by atoms with van der Waals surface area (Å²) in [6, 6.07) is 3.05. The highest BCUT2D eigenvalue weighted by atomic mass is 16.5. The summed E-state index contributed by atoms with van der Waals surface area (Å²) >= 11 is 0. The first-order chi connectivity index (χ1) is 8.70. The van der Waals surface area contributed by atoms with Crippen molar-refractivity contribution in [2.45, 2.75) is 6.54 Å². The van der Waals surface area contributed by atoms with E-state index in [1.165, 1.54) is 19.6 Å². The molecular formula is C10H11N5O3. The number of aromatic nitrogens is 3. The van der Waals surface area contributed by atoms with Crippen LogP contribution in [0.1, 0.15) is 16.3 Å². The number of carbonyl (C=O) groups excluding carboxylic acids is 1. The topological polar surface area (TPSA) is 116 Å². The molecule has 0 saturated heterocycles. The van der Waals surface area contributed by atoms with Crippen LogP contribution in [0.4, 0.5) is 11.5 Å². The molecule has 0 radical (unpaired) electrons. The summed E-state index contributed by atoms with van der Waals surface area (Å²) in [5, 5.41) is 6.53. The van der Waals surface area contributed by atoms with Crippen LogP contribution < -0.4 is 11.1 Å². The average molecular weight is 249 g/mol. The summed E-state index contributed by atoms with van der Waals surface area (Å²) in [5.74, 6) is 0.292. The van der Waals surface area contributed by atoms with Crippen molar-refractivity contribution in [3.8, 4) is 0 Å². The monoisotopic (exact) mass is 249 g/mol. The minimum atomic E-state index is -0.530. The second-order valence-corrected chi connectivity index (χ2v) is 3.33. The normalized spacial score (nSPS) is 10.1. The van der Waals surface area contributed by atoms with Gasteiger partial charge in [-0.3, -0.25) is 0 Å². The van der Waals surface area contributed by atoms with Crippen LogP contribution in [0, 0.1) is 0 Å². The van der Waals surface area contributed by atoms with E-state index >= 15 is 0 Å². The molecule has 2 heterocycles. The smallest absolute Gasteiger partial charge is 0.356 e. The number of nitrogens with zero attached hydrogens (tertiary/aromatic N) is 3. The van der Waals surface area contributed by atoms with Gasteiger partial charge in [-0.25, -0.2) is 9.78 Å². The van der Waals surface area contributed by atoms with Crippen LogP contribution in [0.5, 0.6) is 0 Å². The number of hydrogen-bond acceptors (Lipinski definition) is 8. The van der Waals surface area contributed by atoms with Gasteiger partial charge in [0, 0.05) is 0 Å². The molecule has 8 heteroatoms. The number of hydrogen-bond donors (Lipinski definition) is 2. The highest BCUT2D eigenvalue weighted by Crippen LogP contribution is 2.16. The van der Waals surface area contributed by atoms with Crippen molar-refractivity contribution in [1.82, 2.24) is 15.1 Å². The number of ether oxygens (including phenoxy) is 1. The van der Waals surface area contributed by atoms with Crippen molar-refractivity contribution in [3.63, 3.8) is 0 Å². The van der Waals surface area contributed by atoms with Crippen molar-refractivity contribution < 1.29 is 14.1 Å². The third-order valence-electron chi connectivity index (χ3n) is 2.14. The Morgan fingerprint density at radius 1 is 1.56 bits per heavy atom. The fourth-order valence-corrected chi connectivity index (χ4v) is 1.26. The lowest BCUT2D eigenvalue weighted by molar-refractivity contribution is 0.0594. The SMILES string of the molecule is COC(=O)c1ccc(N)c(NCc2ncon2)n1. The highest BCUT2D eigenvalue weighted by Gasteiger charge is 2.10. The van der Waals surface area contributed by atoms with Crippen molar-refractivity contribution >= 4 is 17.5 Å². The molecule has 18 heavy (non-hydrogen) atoms. The molecule has 94 valence electrons. The molecule has 0 bridgehead atoms. The first-order valence-corrected chi connectivity index (χ1v) is 5.04. The number of esters is 1. The van der Waals surface area contributed by atoms with E-state index < -0.39 is 5.97 Å². The first kappa shape index (κ1) is 11.8. The molecule has 0 aliphatic heterocycles. The van der Waals surface area contributed by atoms with Gasteiger partial charge in [-0.1, -0.05) is 5.16 Å². The summed E-state index contributed by atoms with van der Waals surface area (Å²) in [6.07, 6.45) is 1.22. The van der Waals surface area contributed by atoms with Crippen LogP contribution in [-0.2, 0) is 11.3 Å². The van der Waals surface area contributed by atoms with Crippen molar-refractivity contribution in [3.05, 3.63) is 30.0 Å². The van der Waals surface area contributed by atoms with Crippen LogP contribution in [0.3, 0.4) is 0 Å². The van der Waals surface area contributed by atoms with E-state index in [1.807, 2.05) is 0 Å². The van der Waals surface area contributed by atoms with Crippen LogP contribution in [-0.4, -0.2) is 28.2 Å². The fraction of sp³-hybridized carbons (Fsp3) is 0.200. The molecular weight excluding hydrogens is 238 g/mol. The Balaban J connectivity index is 2.13. The zero-order chi connectivity index (χ0) is 13.0. The molecule has 0 aromatic carbocycles. The Morgan fingerprint density at radius 2 is 2.39 bits per heavy atom. The number of methoxy groups -OCH3 is 1. The lowest BCUT2D eigenvalue weighted by Gasteiger charge is -2.07. The van der Waals surface area contributed by atoms with E-state index in [0.29, 0.717) is 23.9 Å². The van der Waals surface area contributed by atoms with Crippen LogP contribution >= 0.6 is 0 Å². The molecule has 3 N–H and O–H groups in total. The van der Waals surface area contributed by atoms with Gasteiger partial charge in [0.25, 0.3) is 0 Å². The molecule has 8 nitrogen and oxygen atoms in total. The summed E-state index contributed by atoms with van der Waals surface area (Å²) in [7, 11) is 1.28. The third kappa shape index (κ3) is 2.54. The van der Waals surface area contributed by atoms with Gasteiger partial charge in [-0.2, -0.15) is 4.98 Å². The fourth-order valence-electron chi connectivity index (χ4n) is 1.26. The van der Waals surface area contributed by atoms with Crippen molar-refractivity contribution in [1.29, 1.82) is 0 Å². The number of pyridine rings is 1. The Hall–Kier alpha value is -2.64. The van der Waals surface area contributed by atoms with E-state index in [2.05, 4.69) is 29.7 Å². The van der Waals surface area contributed by atoms with Gasteiger partial charge < -0.3 is 20.3 Å². The van der Waals surface area contributed by atoms with E-state index in [4.69, 9.17) is 5.73 Å². The molecule has 0 spiro atoms. The van der Waals surface area contributed by atoms with E-state index in [-0.39, 0.29) is 5.69 Å². The minimum Gasteiger partial charge on any atom is -0.464 e. The number of anilines is 2. The Morgan fingerprint density at radius 3 is 3.06 bits per heavy atom.